The first-order valence-electron chi connectivity index (χ1n) is 49.3. The average Bonchev–Trinajstić information content (AvgIpc) is 0.753. The van der Waals surface area contributed by atoms with Crippen LogP contribution >= 0.6 is 7.82 Å². The fraction of sp³-hybridized carbons (Fsp3) is 0.937. The van der Waals surface area contributed by atoms with Crippen LogP contribution in [0.15, 0.2) is 12.2 Å². The van der Waals surface area contributed by atoms with Crippen molar-refractivity contribution >= 4 is 31.7 Å². The molecule has 3 aliphatic rings. The van der Waals surface area contributed by atoms with E-state index in [0.717, 1.165) is 148 Å². The fourth-order valence-corrected chi connectivity index (χ4v) is 17.5. The molecule has 1 saturated carbocycles. The Balaban J connectivity index is 1.91. The minimum atomic E-state index is -5.81. The van der Waals surface area contributed by atoms with Gasteiger partial charge in [-0.2, -0.15) is 0 Å². The van der Waals surface area contributed by atoms with Crippen LogP contribution in [0.2, 0.25) is 0 Å². The summed E-state index contributed by atoms with van der Waals surface area (Å²) in [4.78, 5) is 66.7. The highest BCUT2D eigenvalue weighted by Gasteiger charge is 2.60. The third-order valence-electron chi connectivity index (χ3n) is 24.4. The minimum Gasteiger partial charge on any atom is -0.463 e. The molecule has 0 aromatic heterocycles. The molecule has 0 aromatic rings. The number of hydrogen-bond donors (Lipinski definition) is 10. The summed E-state index contributed by atoms with van der Waals surface area (Å²) in [6.07, 6.45) is 31.8. The van der Waals surface area contributed by atoms with Crippen LogP contribution in [-0.4, -0.2) is 205 Å². The zero-order valence-electron chi connectivity index (χ0n) is 76.3. The van der Waals surface area contributed by atoms with Crippen molar-refractivity contribution in [2.75, 3.05) is 26.4 Å². The van der Waals surface area contributed by atoms with E-state index in [2.05, 4.69) is 46.8 Å². The zero-order valence-corrected chi connectivity index (χ0v) is 77.2. The molecular weight excluding hydrogens is 1570 g/mol. The standard InChI is InChI=1S/C95H177O25P/c1-6-10-14-18-22-25-28-31-34-37-40-42-45-48-56-62-68-80(99)114-75(71-111-78(97)66-60-55-51-50-53-59-65-74(5)64-58-52-21-17-13-9-4)72-113-121(109,110)120-93-91(118-94-88(107)84(103)82(101)76(70-96)115-94)87(106)86(105)90(117-81(100)69-63-57-49-46-43-39-36-33-30-27-24-20-16-12-8-3)92(93)119-95-89(108)85(104)83(102)77(116-95)73-112-79(98)67-61-54-47-44-41-38-35-32-29-26-23-19-15-11-7-2/h26,29,74-77,82-96,101-108H,6-25,27-28,30-73H2,1-5H3,(H,109,110)/b29-26-. The predicted molar refractivity (Wildman–Crippen MR) is 472 cm³/mol. The van der Waals surface area contributed by atoms with E-state index in [0.29, 0.717) is 38.0 Å². The number of allylic oxidation sites excluding steroid dienone is 2. The average molecular weight is 1750 g/mol. The van der Waals surface area contributed by atoms with E-state index < -0.39 is 162 Å². The molecule has 19 unspecified atom stereocenters. The molecular formula is C95H177O25P. The third kappa shape index (κ3) is 53.1. The maximum absolute atomic E-state index is 14.9. The SMILES string of the molecule is CCCCCC/C=C\CCCCCCCCCC(=O)OCC1OC(OC2C(OC(=O)CCCCCCCCCCCCCCCCC)C(O)C(O)C(OC3OC(CO)C(O)C(O)C3O)C2OP(=O)(O)OCC(COC(=O)CCCCCCCCC(C)CCCCCCCC)OC(=O)CCCCCCCCCCCCCCCCCC)C(O)C(O)C1O. The van der Waals surface area contributed by atoms with Crippen molar-refractivity contribution in [3.63, 3.8) is 0 Å². The number of unbranched alkanes of at least 4 members (excludes halogenated alkanes) is 50. The first-order chi connectivity index (χ1) is 58.6. The van der Waals surface area contributed by atoms with Gasteiger partial charge in [-0.05, 0) is 57.3 Å². The molecule has 2 heterocycles. The van der Waals surface area contributed by atoms with Crippen molar-refractivity contribution < 1.29 is 122 Å². The zero-order chi connectivity index (χ0) is 88.4. The summed E-state index contributed by atoms with van der Waals surface area (Å²) in [5.74, 6) is -2.26. The van der Waals surface area contributed by atoms with Crippen LogP contribution < -0.4 is 0 Å². The number of hydrogen-bond acceptors (Lipinski definition) is 24. The summed E-state index contributed by atoms with van der Waals surface area (Å²) in [7, 11) is -5.81. The van der Waals surface area contributed by atoms with Gasteiger partial charge in [-0.3, -0.25) is 28.2 Å². The summed E-state index contributed by atoms with van der Waals surface area (Å²) in [5.41, 5.74) is 0. The molecule has 3 rings (SSSR count). The maximum atomic E-state index is 14.9. The first-order valence-corrected chi connectivity index (χ1v) is 50.8. The molecule has 0 radical (unpaired) electrons. The third-order valence-corrected chi connectivity index (χ3v) is 25.4. The summed E-state index contributed by atoms with van der Waals surface area (Å²) in [6.45, 7) is 7.97. The van der Waals surface area contributed by atoms with Crippen LogP contribution in [-0.2, 0) is 70.7 Å². The van der Waals surface area contributed by atoms with E-state index in [-0.39, 0.29) is 25.7 Å². The number of ether oxygens (including phenoxy) is 8. The largest absolute Gasteiger partial charge is 0.472 e. The Bertz CT molecular complexity index is 2570. The van der Waals surface area contributed by atoms with E-state index in [1.807, 2.05) is 0 Å². The summed E-state index contributed by atoms with van der Waals surface area (Å²) in [6, 6.07) is 0. The molecule has 0 bridgehead atoms. The van der Waals surface area contributed by atoms with Gasteiger partial charge in [0.25, 0.3) is 0 Å². The maximum Gasteiger partial charge on any atom is 0.472 e. The van der Waals surface area contributed by atoms with Gasteiger partial charge in [-0.25, -0.2) is 4.57 Å². The van der Waals surface area contributed by atoms with Gasteiger partial charge in [0.1, 0.15) is 92.6 Å². The quantitative estimate of drug-likeness (QED) is 0.00889. The van der Waals surface area contributed by atoms with Crippen molar-refractivity contribution in [2.45, 2.75) is 537 Å². The molecule has 712 valence electrons. The van der Waals surface area contributed by atoms with Gasteiger partial charge in [-0.15, -0.1) is 0 Å². The molecule has 0 aromatic carbocycles. The van der Waals surface area contributed by atoms with Crippen molar-refractivity contribution in [3.8, 4) is 0 Å². The second-order valence-corrected chi connectivity index (χ2v) is 37.0. The van der Waals surface area contributed by atoms with Gasteiger partial charge in [0.05, 0.1) is 13.2 Å². The lowest BCUT2D eigenvalue weighted by Gasteiger charge is -2.50. The highest BCUT2D eigenvalue weighted by atomic mass is 31.2. The van der Waals surface area contributed by atoms with Gasteiger partial charge >= 0.3 is 31.7 Å². The molecule has 121 heavy (non-hydrogen) atoms. The smallest absolute Gasteiger partial charge is 0.463 e. The molecule has 0 amide bonds. The number of carbonyl (C=O) groups excluding carboxylic acids is 4. The molecule has 0 spiro atoms. The van der Waals surface area contributed by atoms with Gasteiger partial charge in [0.2, 0.25) is 0 Å². The Kier molecular flexibility index (Phi) is 67.8. The molecule has 26 heteroatoms. The van der Waals surface area contributed by atoms with E-state index >= 15 is 0 Å². The number of phosphoric acid groups is 1. The van der Waals surface area contributed by atoms with Crippen LogP contribution in [0.25, 0.3) is 0 Å². The van der Waals surface area contributed by atoms with Crippen molar-refractivity contribution in [2.24, 2.45) is 5.92 Å². The molecule has 2 aliphatic heterocycles. The number of rotatable bonds is 80. The fourth-order valence-electron chi connectivity index (χ4n) is 16.5. The Morgan fingerprint density at radius 3 is 1.07 bits per heavy atom. The van der Waals surface area contributed by atoms with Crippen molar-refractivity contribution in [3.05, 3.63) is 12.2 Å². The Morgan fingerprint density at radius 1 is 0.347 bits per heavy atom. The highest BCUT2D eigenvalue weighted by molar-refractivity contribution is 7.47. The second kappa shape index (κ2) is 73.0. The van der Waals surface area contributed by atoms with Crippen LogP contribution in [0.3, 0.4) is 0 Å². The van der Waals surface area contributed by atoms with E-state index in [4.69, 9.17) is 46.9 Å². The molecule has 10 N–H and O–H groups in total. The number of carbonyl (C=O) groups is 4. The lowest BCUT2D eigenvalue weighted by molar-refractivity contribution is -0.360. The monoisotopic (exact) mass is 1750 g/mol. The molecule has 25 nitrogen and oxygen atoms in total. The Morgan fingerprint density at radius 2 is 0.669 bits per heavy atom. The van der Waals surface area contributed by atoms with E-state index in [9.17, 15) is 74.6 Å². The van der Waals surface area contributed by atoms with Crippen LogP contribution in [0, 0.1) is 5.92 Å². The van der Waals surface area contributed by atoms with Gasteiger partial charge in [0, 0.05) is 25.7 Å². The molecule has 19 atom stereocenters. The Labute approximate surface area is 731 Å². The lowest BCUT2D eigenvalue weighted by atomic mass is 9.84. The lowest BCUT2D eigenvalue weighted by Crippen LogP contribution is -2.70. The summed E-state index contributed by atoms with van der Waals surface area (Å²) >= 11 is 0. The summed E-state index contributed by atoms with van der Waals surface area (Å²) < 4.78 is 73.6. The van der Waals surface area contributed by atoms with E-state index in [1.54, 1.807) is 0 Å². The van der Waals surface area contributed by atoms with Gasteiger partial charge < -0.3 is 88.7 Å². The summed E-state index contributed by atoms with van der Waals surface area (Å²) in [5, 5.41) is 103. The molecule has 1 aliphatic carbocycles. The van der Waals surface area contributed by atoms with Crippen LogP contribution in [0.5, 0.6) is 0 Å². The van der Waals surface area contributed by atoms with Crippen LogP contribution in [0.4, 0.5) is 0 Å². The van der Waals surface area contributed by atoms with Crippen molar-refractivity contribution in [1.29, 1.82) is 0 Å². The predicted octanol–water partition coefficient (Wildman–Crippen LogP) is 19.0. The highest BCUT2D eigenvalue weighted by Crippen LogP contribution is 2.49. The number of phosphoric ester groups is 1. The Hall–Kier alpha value is -2.79. The number of aliphatic hydroxyl groups excluding tert-OH is 9. The number of esters is 4. The van der Waals surface area contributed by atoms with Crippen molar-refractivity contribution in [1.82, 2.24) is 0 Å². The number of aliphatic hydroxyl groups is 9. The van der Waals surface area contributed by atoms with E-state index in [1.165, 1.54) is 193 Å². The molecule has 3 fully saturated rings. The van der Waals surface area contributed by atoms with Gasteiger partial charge in [0.15, 0.2) is 24.8 Å². The molecule has 2 saturated heterocycles. The first kappa shape index (κ1) is 112. The normalized spacial score (nSPS) is 24.9. The minimum absolute atomic E-state index is 0.0109. The van der Waals surface area contributed by atoms with Gasteiger partial charge in [-0.1, -0.05) is 368 Å². The second-order valence-electron chi connectivity index (χ2n) is 35.6. The topological polar surface area (TPSA) is 380 Å². The van der Waals surface area contributed by atoms with Crippen LogP contribution in [0.1, 0.15) is 433 Å².